The van der Waals surface area contributed by atoms with Crippen LogP contribution < -0.4 is 15.0 Å². The van der Waals surface area contributed by atoms with Crippen LogP contribution in [0.25, 0.3) is 0 Å². The van der Waals surface area contributed by atoms with E-state index in [-0.39, 0.29) is 6.54 Å². The molecule has 1 fully saturated rings. The van der Waals surface area contributed by atoms with E-state index in [2.05, 4.69) is 10.2 Å². The molecular weight excluding hydrogens is 446 g/mol. The van der Waals surface area contributed by atoms with Crippen molar-refractivity contribution in [1.82, 2.24) is 10.2 Å². The van der Waals surface area contributed by atoms with Crippen LogP contribution in [0.15, 0.2) is 84.9 Å². The fraction of sp³-hybridized carbons (Fsp3) is 0.259. The number of rotatable bonds is 8. The molecule has 8 heteroatoms. The SMILES string of the molecule is O=C(NCc1cccc(Oc2ccccc2)c1)[C@H](O)[C@@H](O)C(=O)N1CCN(c2ccccc2)CC1. The molecule has 1 aliphatic rings. The average Bonchev–Trinajstić information content (AvgIpc) is 2.92. The van der Waals surface area contributed by atoms with Gasteiger partial charge in [0.25, 0.3) is 11.8 Å². The van der Waals surface area contributed by atoms with Crippen LogP contribution in [-0.2, 0) is 16.1 Å². The van der Waals surface area contributed by atoms with E-state index in [1.54, 1.807) is 24.3 Å². The molecule has 8 nitrogen and oxygen atoms in total. The van der Waals surface area contributed by atoms with Gasteiger partial charge in [-0.05, 0) is 42.0 Å². The quantitative estimate of drug-likeness (QED) is 0.462. The van der Waals surface area contributed by atoms with Crippen LogP contribution in [0.4, 0.5) is 5.69 Å². The van der Waals surface area contributed by atoms with Gasteiger partial charge in [-0.1, -0.05) is 48.5 Å². The van der Waals surface area contributed by atoms with Crippen LogP contribution in [0.1, 0.15) is 5.56 Å². The lowest BCUT2D eigenvalue weighted by atomic mass is 10.1. The number of nitrogens with one attached hydrogen (secondary N) is 1. The summed E-state index contributed by atoms with van der Waals surface area (Å²) in [5.41, 5.74) is 1.81. The van der Waals surface area contributed by atoms with E-state index < -0.39 is 24.0 Å². The number of ether oxygens (including phenoxy) is 1. The van der Waals surface area contributed by atoms with Crippen LogP contribution in [0.3, 0.4) is 0 Å². The summed E-state index contributed by atoms with van der Waals surface area (Å²) in [6.45, 7) is 2.11. The van der Waals surface area contributed by atoms with E-state index >= 15 is 0 Å². The number of piperazine rings is 1. The van der Waals surface area contributed by atoms with Crippen molar-refractivity contribution in [3.05, 3.63) is 90.5 Å². The summed E-state index contributed by atoms with van der Waals surface area (Å²) in [5.74, 6) is -0.175. The Hall–Kier alpha value is -3.88. The van der Waals surface area contributed by atoms with Crippen molar-refractivity contribution in [2.45, 2.75) is 18.8 Å². The van der Waals surface area contributed by atoms with Crippen molar-refractivity contribution in [2.75, 3.05) is 31.1 Å². The maximum absolute atomic E-state index is 12.7. The Morgan fingerprint density at radius 2 is 1.43 bits per heavy atom. The molecule has 0 spiro atoms. The topological polar surface area (TPSA) is 102 Å². The van der Waals surface area contributed by atoms with E-state index in [0.29, 0.717) is 37.7 Å². The highest BCUT2D eigenvalue weighted by Crippen LogP contribution is 2.22. The monoisotopic (exact) mass is 475 g/mol. The number of para-hydroxylation sites is 2. The lowest BCUT2D eigenvalue weighted by molar-refractivity contribution is -0.153. The molecule has 1 aliphatic heterocycles. The van der Waals surface area contributed by atoms with Crippen molar-refractivity contribution >= 4 is 17.5 Å². The smallest absolute Gasteiger partial charge is 0.254 e. The Kier molecular flexibility index (Phi) is 7.97. The van der Waals surface area contributed by atoms with Gasteiger partial charge in [-0.15, -0.1) is 0 Å². The average molecular weight is 476 g/mol. The maximum atomic E-state index is 12.7. The number of aliphatic hydroxyl groups excluding tert-OH is 2. The lowest BCUT2D eigenvalue weighted by Crippen LogP contribution is -2.55. The molecule has 3 aromatic rings. The van der Waals surface area contributed by atoms with Crippen molar-refractivity contribution in [3.8, 4) is 11.5 Å². The Balaban J connectivity index is 1.26. The summed E-state index contributed by atoms with van der Waals surface area (Å²) in [5, 5.41) is 23.2. The summed E-state index contributed by atoms with van der Waals surface area (Å²) < 4.78 is 5.79. The number of nitrogens with zero attached hydrogens (tertiary/aromatic N) is 2. The second kappa shape index (κ2) is 11.5. The zero-order chi connectivity index (χ0) is 24.6. The molecule has 182 valence electrons. The Morgan fingerprint density at radius 1 is 0.800 bits per heavy atom. The molecule has 4 rings (SSSR count). The van der Waals surface area contributed by atoms with E-state index in [9.17, 15) is 19.8 Å². The molecular formula is C27H29N3O5. The number of anilines is 1. The zero-order valence-corrected chi connectivity index (χ0v) is 19.3. The minimum Gasteiger partial charge on any atom is -0.457 e. The van der Waals surface area contributed by atoms with Crippen LogP contribution in [0.5, 0.6) is 11.5 Å². The zero-order valence-electron chi connectivity index (χ0n) is 19.3. The summed E-state index contributed by atoms with van der Waals surface area (Å²) in [6, 6.07) is 26.4. The van der Waals surface area contributed by atoms with E-state index in [0.717, 1.165) is 11.3 Å². The number of hydrogen-bond donors (Lipinski definition) is 3. The van der Waals surface area contributed by atoms with Gasteiger partial charge in [-0.2, -0.15) is 0 Å². The molecule has 2 atom stereocenters. The van der Waals surface area contributed by atoms with Crippen LogP contribution >= 0.6 is 0 Å². The third-order valence-electron chi connectivity index (χ3n) is 5.88. The number of amides is 2. The summed E-state index contributed by atoms with van der Waals surface area (Å²) in [7, 11) is 0. The highest BCUT2D eigenvalue weighted by molar-refractivity contribution is 5.90. The summed E-state index contributed by atoms with van der Waals surface area (Å²) >= 11 is 0. The minimum absolute atomic E-state index is 0.110. The van der Waals surface area contributed by atoms with Gasteiger partial charge in [-0.25, -0.2) is 0 Å². The second-order valence-corrected chi connectivity index (χ2v) is 8.32. The van der Waals surface area contributed by atoms with Crippen molar-refractivity contribution in [1.29, 1.82) is 0 Å². The van der Waals surface area contributed by atoms with Gasteiger partial charge in [0.2, 0.25) is 0 Å². The maximum Gasteiger partial charge on any atom is 0.254 e. The molecule has 0 aromatic heterocycles. The Labute approximate surface area is 204 Å². The molecule has 1 heterocycles. The number of carbonyl (C=O) groups excluding carboxylic acids is 2. The first-order valence-electron chi connectivity index (χ1n) is 11.6. The van der Waals surface area contributed by atoms with Crippen molar-refractivity contribution in [3.63, 3.8) is 0 Å². The molecule has 0 saturated carbocycles. The van der Waals surface area contributed by atoms with Gasteiger partial charge < -0.3 is 30.1 Å². The van der Waals surface area contributed by atoms with Gasteiger partial charge >= 0.3 is 0 Å². The Bertz CT molecular complexity index is 1120. The van der Waals surface area contributed by atoms with E-state index in [1.165, 1.54) is 4.90 Å². The van der Waals surface area contributed by atoms with Crippen molar-refractivity contribution in [2.24, 2.45) is 0 Å². The molecule has 2 amide bonds. The second-order valence-electron chi connectivity index (χ2n) is 8.32. The molecule has 0 unspecified atom stereocenters. The lowest BCUT2D eigenvalue weighted by Gasteiger charge is -2.37. The molecule has 3 aromatic carbocycles. The molecule has 0 bridgehead atoms. The standard InChI is InChI=1S/C27H29N3O5/c31-24(25(32)27(34)30-16-14-29(15-17-30)21-9-3-1-4-10-21)26(33)28-19-20-8-7-13-23(18-20)35-22-11-5-2-6-12-22/h1-13,18,24-25,31-32H,14-17,19H2,(H,28,33)/t24-,25-/m1/s1. The predicted molar refractivity (Wildman–Crippen MR) is 132 cm³/mol. The number of carbonyl (C=O) groups is 2. The molecule has 0 aliphatic carbocycles. The van der Waals surface area contributed by atoms with Gasteiger partial charge in [0, 0.05) is 38.4 Å². The third kappa shape index (κ3) is 6.38. The first kappa shape index (κ1) is 24.3. The molecule has 3 N–H and O–H groups in total. The Morgan fingerprint density at radius 3 is 2.11 bits per heavy atom. The molecule has 0 radical (unpaired) electrons. The first-order valence-corrected chi connectivity index (χ1v) is 11.6. The van der Waals surface area contributed by atoms with Crippen LogP contribution in [-0.4, -0.2) is 65.3 Å². The minimum atomic E-state index is -1.86. The van der Waals surface area contributed by atoms with Crippen molar-refractivity contribution < 1.29 is 24.5 Å². The largest absolute Gasteiger partial charge is 0.457 e. The highest BCUT2D eigenvalue weighted by atomic mass is 16.5. The van der Waals surface area contributed by atoms with Crippen LogP contribution in [0.2, 0.25) is 0 Å². The van der Waals surface area contributed by atoms with Gasteiger partial charge in [0.1, 0.15) is 11.5 Å². The first-order chi connectivity index (χ1) is 17.0. The molecule has 1 saturated heterocycles. The van der Waals surface area contributed by atoms with Crippen LogP contribution in [0, 0.1) is 0 Å². The molecule has 35 heavy (non-hydrogen) atoms. The third-order valence-corrected chi connectivity index (χ3v) is 5.88. The van der Waals surface area contributed by atoms with Gasteiger partial charge in [0.05, 0.1) is 0 Å². The fourth-order valence-electron chi connectivity index (χ4n) is 3.93. The van der Waals surface area contributed by atoms with E-state index in [1.807, 2.05) is 60.7 Å². The summed E-state index contributed by atoms with van der Waals surface area (Å²) in [4.78, 5) is 28.7. The number of hydrogen-bond acceptors (Lipinski definition) is 6. The number of benzene rings is 3. The number of aliphatic hydroxyl groups is 2. The van der Waals surface area contributed by atoms with Gasteiger partial charge in [0.15, 0.2) is 12.2 Å². The highest BCUT2D eigenvalue weighted by Gasteiger charge is 2.34. The normalized spacial score (nSPS) is 15.3. The van der Waals surface area contributed by atoms with Gasteiger partial charge in [-0.3, -0.25) is 9.59 Å². The predicted octanol–water partition coefficient (Wildman–Crippen LogP) is 2.17. The fourth-order valence-corrected chi connectivity index (χ4v) is 3.93. The summed E-state index contributed by atoms with van der Waals surface area (Å²) in [6.07, 6.45) is -3.69. The van der Waals surface area contributed by atoms with E-state index in [4.69, 9.17) is 4.74 Å².